The van der Waals surface area contributed by atoms with Crippen LogP contribution in [0.3, 0.4) is 0 Å². The van der Waals surface area contributed by atoms with Gasteiger partial charge in [0.25, 0.3) is 11.6 Å². The first-order valence-corrected chi connectivity index (χ1v) is 8.01. The zero-order valence-corrected chi connectivity index (χ0v) is 13.9. The average Bonchev–Trinajstić information content (AvgIpc) is 2.67. The van der Waals surface area contributed by atoms with Crippen LogP contribution in [-0.2, 0) is 6.54 Å². The van der Waals surface area contributed by atoms with Crippen LogP contribution in [0.1, 0.15) is 15.9 Å². The van der Waals surface area contributed by atoms with E-state index in [4.69, 9.17) is 5.73 Å². The van der Waals surface area contributed by atoms with E-state index in [1.54, 1.807) is 0 Å². The molecule has 130 valence electrons. The molecule has 0 heterocycles. The molecule has 0 spiro atoms. The molecular weight excluding hydrogens is 330 g/mol. The maximum atomic E-state index is 12.4. The van der Waals surface area contributed by atoms with Gasteiger partial charge in [-0.2, -0.15) is 0 Å². The zero-order valence-electron chi connectivity index (χ0n) is 13.9. The summed E-state index contributed by atoms with van der Waals surface area (Å²) in [6, 6.07) is 21.6. The number of carbonyl (C=O) groups excluding carboxylic acids is 1. The van der Waals surface area contributed by atoms with Gasteiger partial charge in [0.05, 0.1) is 10.5 Å². The van der Waals surface area contributed by atoms with Gasteiger partial charge < -0.3 is 11.1 Å². The Morgan fingerprint density at radius 3 is 2.42 bits per heavy atom. The molecule has 0 atom stereocenters. The summed E-state index contributed by atoms with van der Waals surface area (Å²) >= 11 is 0. The minimum absolute atomic E-state index is 0.0958. The van der Waals surface area contributed by atoms with Crippen molar-refractivity contribution in [2.75, 3.05) is 5.73 Å². The quantitative estimate of drug-likeness (QED) is 0.417. The summed E-state index contributed by atoms with van der Waals surface area (Å²) < 4.78 is 0. The summed E-state index contributed by atoms with van der Waals surface area (Å²) in [5, 5.41) is 13.6. The zero-order chi connectivity index (χ0) is 18.5. The highest BCUT2D eigenvalue weighted by Gasteiger charge is 2.15. The first-order valence-electron chi connectivity index (χ1n) is 8.01. The third-order valence-electron chi connectivity index (χ3n) is 3.98. The fraction of sp³-hybridized carbons (Fsp3) is 0.0500. The number of nitro benzene ring substituents is 1. The minimum Gasteiger partial charge on any atom is -0.398 e. The van der Waals surface area contributed by atoms with Crippen molar-refractivity contribution in [2.45, 2.75) is 6.54 Å². The molecule has 0 radical (unpaired) electrons. The van der Waals surface area contributed by atoms with Crippen molar-refractivity contribution in [2.24, 2.45) is 0 Å². The molecule has 0 saturated heterocycles. The smallest absolute Gasteiger partial charge is 0.270 e. The fourth-order valence-corrected chi connectivity index (χ4v) is 2.62. The number of nitrogens with one attached hydrogen (secondary N) is 1. The van der Waals surface area contributed by atoms with E-state index in [0.717, 1.165) is 16.7 Å². The number of amides is 1. The predicted octanol–water partition coefficient (Wildman–Crippen LogP) is 3.77. The molecule has 3 rings (SSSR count). The Bertz CT molecular complexity index is 956. The lowest BCUT2D eigenvalue weighted by atomic mass is 10.0. The fourth-order valence-electron chi connectivity index (χ4n) is 2.62. The Kier molecular flexibility index (Phi) is 4.94. The molecule has 6 heteroatoms. The number of anilines is 1. The summed E-state index contributed by atoms with van der Waals surface area (Å²) in [6.45, 7) is 0.293. The molecule has 0 fully saturated rings. The number of hydrogen-bond acceptors (Lipinski definition) is 4. The molecule has 0 aromatic heterocycles. The number of nitrogen functional groups attached to an aromatic ring is 1. The lowest BCUT2D eigenvalue weighted by Gasteiger charge is -2.09. The number of non-ortho nitro benzene ring substituents is 1. The normalized spacial score (nSPS) is 10.3. The number of hydrogen-bond donors (Lipinski definition) is 2. The lowest BCUT2D eigenvalue weighted by Crippen LogP contribution is -2.24. The van der Waals surface area contributed by atoms with E-state index in [1.165, 1.54) is 18.2 Å². The van der Waals surface area contributed by atoms with Crippen molar-refractivity contribution in [1.29, 1.82) is 0 Å². The second kappa shape index (κ2) is 7.48. The van der Waals surface area contributed by atoms with Crippen molar-refractivity contribution in [3.05, 3.63) is 94.0 Å². The van der Waals surface area contributed by atoms with Crippen molar-refractivity contribution in [1.82, 2.24) is 5.32 Å². The molecule has 3 N–H and O–H groups in total. The third-order valence-corrected chi connectivity index (χ3v) is 3.98. The summed E-state index contributed by atoms with van der Waals surface area (Å²) in [5.41, 5.74) is 8.96. The van der Waals surface area contributed by atoms with E-state index in [-0.39, 0.29) is 16.9 Å². The maximum Gasteiger partial charge on any atom is 0.270 e. The molecular formula is C20H17N3O3. The number of carbonyl (C=O) groups is 1. The summed E-state index contributed by atoms with van der Waals surface area (Å²) in [5.74, 6) is -0.448. The Labute approximate surface area is 150 Å². The Hall–Kier alpha value is -3.67. The van der Waals surface area contributed by atoms with Crippen LogP contribution in [0.5, 0.6) is 0 Å². The van der Waals surface area contributed by atoms with Gasteiger partial charge in [-0.25, -0.2) is 0 Å². The van der Waals surface area contributed by atoms with Crippen LogP contribution in [-0.4, -0.2) is 10.8 Å². The largest absolute Gasteiger partial charge is 0.398 e. The molecule has 0 aliphatic heterocycles. The maximum absolute atomic E-state index is 12.4. The van der Waals surface area contributed by atoms with Gasteiger partial charge in [0, 0.05) is 24.4 Å². The highest BCUT2D eigenvalue weighted by atomic mass is 16.6. The highest BCUT2D eigenvalue weighted by molar-refractivity contribution is 5.99. The molecule has 6 nitrogen and oxygen atoms in total. The molecule has 3 aromatic carbocycles. The van der Waals surface area contributed by atoms with Crippen LogP contribution in [0.2, 0.25) is 0 Å². The van der Waals surface area contributed by atoms with Crippen LogP contribution in [0.25, 0.3) is 11.1 Å². The van der Waals surface area contributed by atoms with E-state index >= 15 is 0 Å². The van der Waals surface area contributed by atoms with Crippen LogP contribution in [0.15, 0.2) is 72.8 Å². The van der Waals surface area contributed by atoms with Crippen LogP contribution >= 0.6 is 0 Å². The first kappa shape index (κ1) is 17.2. The third kappa shape index (κ3) is 3.87. The van der Waals surface area contributed by atoms with Gasteiger partial charge in [-0.05, 0) is 28.8 Å². The van der Waals surface area contributed by atoms with Crippen LogP contribution in [0.4, 0.5) is 11.4 Å². The highest BCUT2D eigenvalue weighted by Crippen LogP contribution is 2.21. The predicted molar refractivity (Wildman–Crippen MR) is 101 cm³/mol. The molecule has 26 heavy (non-hydrogen) atoms. The van der Waals surface area contributed by atoms with Crippen molar-refractivity contribution < 1.29 is 9.72 Å². The second-order valence-electron chi connectivity index (χ2n) is 5.78. The number of nitrogens with two attached hydrogens (primary N) is 1. The molecule has 0 bridgehead atoms. The van der Waals surface area contributed by atoms with Gasteiger partial charge in [-0.3, -0.25) is 14.9 Å². The van der Waals surface area contributed by atoms with Gasteiger partial charge in [0.2, 0.25) is 0 Å². The number of rotatable bonds is 5. The van der Waals surface area contributed by atoms with Gasteiger partial charge in [-0.15, -0.1) is 0 Å². The topological polar surface area (TPSA) is 98.3 Å². The van der Waals surface area contributed by atoms with Crippen molar-refractivity contribution in [3.63, 3.8) is 0 Å². The summed E-state index contributed by atoms with van der Waals surface area (Å²) in [7, 11) is 0. The molecule has 0 saturated carbocycles. The van der Waals surface area contributed by atoms with E-state index < -0.39 is 10.8 Å². The summed E-state index contributed by atoms with van der Waals surface area (Å²) in [6.07, 6.45) is 0. The molecule has 0 unspecified atom stereocenters. The second-order valence-corrected chi connectivity index (χ2v) is 5.78. The lowest BCUT2D eigenvalue weighted by molar-refractivity contribution is -0.384. The molecule has 0 aliphatic carbocycles. The Balaban J connectivity index is 1.74. The van der Waals surface area contributed by atoms with Gasteiger partial charge in [-0.1, -0.05) is 48.5 Å². The SMILES string of the molecule is Nc1ccc([N+](=O)[O-])cc1C(=O)NCc1cccc(-c2ccccc2)c1. The van der Waals surface area contributed by atoms with E-state index in [9.17, 15) is 14.9 Å². The minimum atomic E-state index is -0.556. The molecule has 1 amide bonds. The average molecular weight is 347 g/mol. The Morgan fingerprint density at radius 2 is 1.69 bits per heavy atom. The number of nitrogens with zero attached hydrogens (tertiary/aromatic N) is 1. The standard InChI is InChI=1S/C20H17N3O3/c21-19-10-9-17(23(25)26)12-18(19)20(24)22-13-14-5-4-8-16(11-14)15-6-2-1-3-7-15/h1-12H,13,21H2,(H,22,24). The van der Waals surface area contributed by atoms with Gasteiger partial charge >= 0.3 is 0 Å². The monoisotopic (exact) mass is 347 g/mol. The van der Waals surface area contributed by atoms with Crippen molar-refractivity contribution >= 4 is 17.3 Å². The Morgan fingerprint density at radius 1 is 0.962 bits per heavy atom. The number of nitro groups is 1. The summed E-state index contributed by atoms with van der Waals surface area (Å²) in [4.78, 5) is 22.7. The van der Waals surface area contributed by atoms with Crippen LogP contribution in [0, 0.1) is 10.1 Å². The van der Waals surface area contributed by atoms with Crippen LogP contribution < -0.4 is 11.1 Å². The van der Waals surface area contributed by atoms with E-state index in [0.29, 0.717) is 6.54 Å². The number of benzene rings is 3. The van der Waals surface area contributed by atoms with Crippen molar-refractivity contribution in [3.8, 4) is 11.1 Å². The van der Waals surface area contributed by atoms with E-state index in [2.05, 4.69) is 5.32 Å². The van der Waals surface area contributed by atoms with Gasteiger partial charge in [0.1, 0.15) is 0 Å². The van der Waals surface area contributed by atoms with Gasteiger partial charge in [0.15, 0.2) is 0 Å². The first-order chi connectivity index (χ1) is 12.5. The van der Waals surface area contributed by atoms with E-state index in [1.807, 2.05) is 54.6 Å². The molecule has 3 aromatic rings. The molecule has 0 aliphatic rings.